The van der Waals surface area contributed by atoms with Gasteiger partial charge in [-0.3, -0.25) is 10.1 Å². The lowest BCUT2D eigenvalue weighted by Gasteiger charge is -2.32. The number of nitro groups is 1. The Bertz CT molecular complexity index is 943. The van der Waals surface area contributed by atoms with E-state index in [-0.39, 0.29) is 11.5 Å². The van der Waals surface area contributed by atoms with Crippen molar-refractivity contribution in [3.63, 3.8) is 0 Å². The fraction of sp³-hybridized carbons (Fsp3) is 0.571. The van der Waals surface area contributed by atoms with Gasteiger partial charge in [-0.1, -0.05) is 44.9 Å². The lowest BCUT2D eigenvalue weighted by molar-refractivity contribution is -0.385. The highest BCUT2D eigenvalue weighted by Crippen LogP contribution is 2.85. The lowest BCUT2D eigenvalue weighted by Crippen LogP contribution is -2.32. The molecule has 2 N–H and O–H groups in total. The quantitative estimate of drug-likeness (QED) is 0.238. The standard InChI is InChI=1S/C21H25N5O2S2/c1-3-5-11-29-21(30-12-6-4-2)20(14-23)17(19(20,13-22)18(24)25-21)15-9-7-8-10-16(15)26(27)28/h7-10,17H,3-6,11-12H2,1-2H3,(H2,24,25). The SMILES string of the molecule is CCCCSC1(SCCCC)N=C(N)C2(C#N)C(c3ccccc3[N+](=O)[O-])C12C#N. The van der Waals surface area contributed by atoms with Crippen molar-refractivity contribution in [3.8, 4) is 12.1 Å². The number of amidine groups is 1. The van der Waals surface area contributed by atoms with Gasteiger partial charge in [0.05, 0.1) is 17.1 Å². The normalized spacial score (nSPS) is 28.1. The van der Waals surface area contributed by atoms with Gasteiger partial charge in [0.15, 0.2) is 4.20 Å². The van der Waals surface area contributed by atoms with E-state index in [4.69, 9.17) is 10.7 Å². The van der Waals surface area contributed by atoms with Gasteiger partial charge in [0.1, 0.15) is 16.7 Å². The van der Waals surface area contributed by atoms with Crippen molar-refractivity contribution >= 4 is 35.0 Å². The molecule has 3 atom stereocenters. The molecule has 158 valence electrons. The lowest BCUT2D eigenvalue weighted by atomic mass is 9.97. The molecule has 7 nitrogen and oxygen atoms in total. The van der Waals surface area contributed by atoms with Crippen molar-refractivity contribution in [1.29, 1.82) is 10.5 Å². The number of para-hydroxylation sites is 1. The summed E-state index contributed by atoms with van der Waals surface area (Å²) in [7, 11) is 0. The van der Waals surface area contributed by atoms with Crippen LogP contribution in [0.15, 0.2) is 29.3 Å². The Morgan fingerprint density at radius 1 is 1.17 bits per heavy atom. The molecule has 1 aromatic carbocycles. The Balaban J connectivity index is 2.17. The van der Waals surface area contributed by atoms with Crippen LogP contribution in [0.1, 0.15) is 51.0 Å². The molecule has 0 bridgehead atoms. The third-order valence-corrected chi connectivity index (χ3v) is 9.26. The number of unbranched alkanes of at least 4 members (excludes halogenated alkanes) is 2. The largest absolute Gasteiger partial charge is 0.386 e. The maximum atomic E-state index is 11.7. The van der Waals surface area contributed by atoms with Crippen LogP contribution in [-0.4, -0.2) is 26.5 Å². The molecule has 0 spiro atoms. The third-order valence-electron chi connectivity index (χ3n) is 5.96. The van der Waals surface area contributed by atoms with Crippen LogP contribution in [0.3, 0.4) is 0 Å². The van der Waals surface area contributed by atoms with Crippen LogP contribution in [0.4, 0.5) is 5.69 Å². The molecule has 1 aliphatic heterocycles. The van der Waals surface area contributed by atoms with Crippen LogP contribution in [0, 0.1) is 43.6 Å². The first-order valence-corrected chi connectivity index (χ1v) is 12.1. The molecular formula is C21H25N5O2S2. The monoisotopic (exact) mass is 443 g/mol. The molecule has 3 rings (SSSR count). The highest BCUT2D eigenvalue weighted by molar-refractivity contribution is 8.18. The van der Waals surface area contributed by atoms with E-state index in [1.54, 1.807) is 41.7 Å². The van der Waals surface area contributed by atoms with Crippen LogP contribution in [-0.2, 0) is 0 Å². The number of nitro benzene ring substituents is 1. The molecule has 0 saturated heterocycles. The van der Waals surface area contributed by atoms with Crippen molar-refractivity contribution in [3.05, 3.63) is 39.9 Å². The van der Waals surface area contributed by atoms with Gasteiger partial charge in [-0.2, -0.15) is 10.5 Å². The summed E-state index contributed by atoms with van der Waals surface area (Å²) in [4.78, 5) is 16.0. The number of nitrogens with zero attached hydrogens (tertiary/aromatic N) is 4. The van der Waals surface area contributed by atoms with Crippen LogP contribution < -0.4 is 5.73 Å². The minimum Gasteiger partial charge on any atom is -0.386 e. The summed E-state index contributed by atoms with van der Waals surface area (Å²) in [5, 5.41) is 32.4. The number of nitrogens with two attached hydrogens (primary N) is 1. The molecule has 2 aliphatic rings. The minimum atomic E-state index is -1.34. The summed E-state index contributed by atoms with van der Waals surface area (Å²) in [5.74, 6) is 1.01. The van der Waals surface area contributed by atoms with Crippen molar-refractivity contribution in [2.45, 2.75) is 49.7 Å². The highest BCUT2D eigenvalue weighted by atomic mass is 32.2. The molecule has 1 aromatic rings. The van der Waals surface area contributed by atoms with Gasteiger partial charge in [0.25, 0.3) is 5.69 Å². The van der Waals surface area contributed by atoms with E-state index in [1.165, 1.54) is 6.07 Å². The van der Waals surface area contributed by atoms with E-state index in [0.717, 1.165) is 37.2 Å². The summed E-state index contributed by atoms with van der Waals surface area (Å²) in [6.45, 7) is 4.19. The molecule has 0 radical (unpaired) electrons. The molecule has 9 heteroatoms. The summed E-state index contributed by atoms with van der Waals surface area (Å²) in [6, 6.07) is 11.1. The molecule has 1 heterocycles. The molecule has 1 aliphatic carbocycles. The van der Waals surface area contributed by atoms with E-state index in [2.05, 4.69) is 26.0 Å². The van der Waals surface area contributed by atoms with Gasteiger partial charge in [-0.15, -0.1) is 23.5 Å². The number of nitriles is 2. The van der Waals surface area contributed by atoms with Crippen molar-refractivity contribution in [2.24, 2.45) is 21.6 Å². The summed E-state index contributed by atoms with van der Waals surface area (Å²) in [6.07, 6.45) is 3.90. The fourth-order valence-corrected chi connectivity index (χ4v) is 8.12. The maximum Gasteiger partial charge on any atom is 0.272 e. The van der Waals surface area contributed by atoms with Gasteiger partial charge in [-0.05, 0) is 24.3 Å². The number of thioether (sulfide) groups is 2. The summed E-state index contributed by atoms with van der Waals surface area (Å²) < 4.78 is -0.944. The Hall–Kier alpha value is -2.23. The van der Waals surface area contributed by atoms with E-state index in [1.807, 2.05) is 0 Å². The zero-order valence-electron chi connectivity index (χ0n) is 17.1. The van der Waals surface area contributed by atoms with Crippen molar-refractivity contribution < 1.29 is 4.92 Å². The number of hydrogen-bond donors (Lipinski definition) is 1. The van der Waals surface area contributed by atoms with Gasteiger partial charge < -0.3 is 5.73 Å². The number of fused-ring (bicyclic) bond motifs is 1. The number of aliphatic imine (C=N–C) groups is 1. The zero-order valence-corrected chi connectivity index (χ0v) is 18.8. The summed E-state index contributed by atoms with van der Waals surface area (Å²) >= 11 is 3.12. The van der Waals surface area contributed by atoms with Crippen LogP contribution >= 0.6 is 23.5 Å². The zero-order chi connectivity index (χ0) is 22.0. The van der Waals surface area contributed by atoms with Crippen LogP contribution in [0.2, 0.25) is 0 Å². The molecule has 30 heavy (non-hydrogen) atoms. The molecular weight excluding hydrogens is 418 g/mol. The third kappa shape index (κ3) is 2.91. The van der Waals surface area contributed by atoms with Crippen molar-refractivity contribution in [2.75, 3.05) is 11.5 Å². The van der Waals surface area contributed by atoms with Gasteiger partial charge >= 0.3 is 0 Å². The predicted octanol–water partition coefficient (Wildman–Crippen LogP) is 4.80. The molecule has 1 fully saturated rings. The smallest absolute Gasteiger partial charge is 0.272 e. The minimum absolute atomic E-state index is 0.0834. The maximum absolute atomic E-state index is 11.7. The van der Waals surface area contributed by atoms with E-state index >= 15 is 0 Å². The Morgan fingerprint density at radius 3 is 2.27 bits per heavy atom. The highest BCUT2D eigenvalue weighted by Gasteiger charge is 2.92. The van der Waals surface area contributed by atoms with Crippen LogP contribution in [0.25, 0.3) is 0 Å². The number of hydrogen-bond acceptors (Lipinski definition) is 8. The number of benzene rings is 1. The topological polar surface area (TPSA) is 129 Å². The average Bonchev–Trinajstić information content (AvgIpc) is 3.32. The van der Waals surface area contributed by atoms with E-state index in [9.17, 15) is 20.6 Å². The van der Waals surface area contributed by atoms with Crippen LogP contribution in [0.5, 0.6) is 0 Å². The van der Waals surface area contributed by atoms with Crippen molar-refractivity contribution in [1.82, 2.24) is 0 Å². The Morgan fingerprint density at radius 2 is 1.77 bits per heavy atom. The molecule has 0 aromatic heterocycles. The fourth-order valence-electron chi connectivity index (χ4n) is 4.43. The second-order valence-corrected chi connectivity index (χ2v) is 10.4. The predicted molar refractivity (Wildman–Crippen MR) is 121 cm³/mol. The van der Waals surface area contributed by atoms with Gasteiger partial charge in [-0.25, -0.2) is 4.99 Å². The van der Waals surface area contributed by atoms with E-state index in [0.29, 0.717) is 5.56 Å². The van der Waals surface area contributed by atoms with Gasteiger partial charge in [0, 0.05) is 17.5 Å². The Kier molecular flexibility index (Phi) is 6.35. The molecule has 0 amide bonds. The first-order chi connectivity index (χ1) is 14.4. The Labute approximate surface area is 185 Å². The number of rotatable bonds is 10. The molecule has 3 unspecified atom stereocenters. The first-order valence-electron chi connectivity index (χ1n) is 10.1. The molecule has 1 saturated carbocycles. The average molecular weight is 444 g/mol. The van der Waals surface area contributed by atoms with E-state index < -0.39 is 25.9 Å². The first kappa shape index (κ1) is 22.5. The van der Waals surface area contributed by atoms with Gasteiger partial charge in [0.2, 0.25) is 0 Å². The second-order valence-electron chi connectivity index (χ2n) is 7.57. The summed E-state index contributed by atoms with van der Waals surface area (Å²) in [5.41, 5.74) is 4.07. The second kappa shape index (κ2) is 8.49.